The molecule has 1 aromatic heterocycles. The molecule has 1 amide bonds. The van der Waals surface area contributed by atoms with E-state index in [1.807, 2.05) is 72.6 Å². The summed E-state index contributed by atoms with van der Waals surface area (Å²) in [5.41, 5.74) is 3.63. The minimum Gasteiger partial charge on any atom is -0.496 e. The molecule has 0 unspecified atom stereocenters. The Hall–Kier alpha value is -2.90. The highest BCUT2D eigenvalue weighted by Gasteiger charge is 2.32. The van der Waals surface area contributed by atoms with Crippen LogP contribution in [-0.4, -0.2) is 42.8 Å². The van der Waals surface area contributed by atoms with E-state index < -0.39 is 0 Å². The van der Waals surface area contributed by atoms with Gasteiger partial charge in [0.2, 0.25) is 0 Å². The topological polar surface area (TPSA) is 58.6 Å². The highest BCUT2D eigenvalue weighted by atomic mass is 35.5. The zero-order valence-corrected chi connectivity index (χ0v) is 25.3. The summed E-state index contributed by atoms with van der Waals surface area (Å²) in [5, 5.41) is 4.84. The Bertz CT molecular complexity index is 1490. The lowest BCUT2D eigenvalue weighted by Gasteiger charge is -2.37. The summed E-state index contributed by atoms with van der Waals surface area (Å²) in [6.07, 6.45) is 3.89. The quantitative estimate of drug-likeness (QED) is 0.209. The number of hydrogen-bond donors (Lipinski definition) is 1. The van der Waals surface area contributed by atoms with E-state index in [1.165, 1.54) is 11.3 Å². The second kappa shape index (κ2) is 13.2. The van der Waals surface area contributed by atoms with Gasteiger partial charge in [-0.05, 0) is 69.0 Å². The van der Waals surface area contributed by atoms with Crippen molar-refractivity contribution in [1.82, 2.24) is 10.2 Å². The van der Waals surface area contributed by atoms with Crippen molar-refractivity contribution in [3.63, 3.8) is 0 Å². The van der Waals surface area contributed by atoms with E-state index in [0.717, 1.165) is 58.2 Å². The number of carbonyl (C=O) groups excluding carboxylic acids is 2. The molecule has 0 bridgehead atoms. The number of thiophene rings is 1. The number of fused-ring (bicyclic) bond motifs is 1. The van der Waals surface area contributed by atoms with Crippen LogP contribution >= 0.6 is 35.3 Å². The van der Waals surface area contributed by atoms with Gasteiger partial charge in [-0.1, -0.05) is 60.1 Å². The number of amides is 1. The van der Waals surface area contributed by atoms with Crippen LogP contribution in [0.5, 0.6) is 5.75 Å². The van der Waals surface area contributed by atoms with Gasteiger partial charge in [0, 0.05) is 39.8 Å². The number of methoxy groups -OCH3 is 1. The van der Waals surface area contributed by atoms with Crippen molar-refractivity contribution in [2.24, 2.45) is 0 Å². The number of halogens is 2. The van der Waals surface area contributed by atoms with Gasteiger partial charge in [0.15, 0.2) is 5.78 Å². The molecule has 0 saturated heterocycles. The molecule has 5 nitrogen and oxygen atoms in total. The van der Waals surface area contributed by atoms with Crippen molar-refractivity contribution >= 4 is 57.1 Å². The maximum atomic E-state index is 14.2. The highest BCUT2D eigenvalue weighted by Crippen LogP contribution is 2.38. The number of benzene rings is 3. The number of ketones is 1. The third-order valence-electron chi connectivity index (χ3n) is 7.78. The average molecular weight is 598 g/mol. The molecule has 0 radical (unpaired) electrons. The Morgan fingerprint density at radius 2 is 1.68 bits per heavy atom. The van der Waals surface area contributed by atoms with Crippen LogP contribution in [0.4, 0.5) is 0 Å². The number of nitrogens with zero attached hydrogens (tertiary/aromatic N) is 1. The number of rotatable bonds is 8. The van der Waals surface area contributed by atoms with Crippen molar-refractivity contribution in [2.75, 3.05) is 14.2 Å². The summed E-state index contributed by atoms with van der Waals surface area (Å²) in [7, 11) is 3.66. The molecular weight excluding hydrogens is 563 g/mol. The first-order valence-corrected chi connectivity index (χ1v) is 14.5. The molecule has 1 aliphatic carbocycles. The Kier molecular flexibility index (Phi) is 9.90. The first-order valence-electron chi connectivity index (χ1n) is 13.3. The van der Waals surface area contributed by atoms with E-state index in [-0.39, 0.29) is 30.1 Å². The molecular formula is C32H34Cl2N2O3S. The highest BCUT2D eigenvalue weighted by molar-refractivity contribution is 7.21. The fourth-order valence-corrected chi connectivity index (χ4v) is 6.96. The summed E-state index contributed by atoms with van der Waals surface area (Å²) in [6.45, 7) is 1.99. The molecule has 0 atom stereocenters. The first kappa shape index (κ1) is 30.1. The average Bonchev–Trinajstić information content (AvgIpc) is 3.32. The normalized spacial score (nSPS) is 16.8. The molecule has 4 aromatic rings. The SMILES string of the molecule is CNC1CCC(N(Cc2cc(-c3ccc(C(C)=O)cc3)ccc2OC)C(=O)c2sc3ccccc3c2Cl)CC1.Cl. The first-order chi connectivity index (χ1) is 18.9. The molecule has 0 aliphatic heterocycles. The maximum absolute atomic E-state index is 14.2. The fourth-order valence-electron chi connectivity index (χ4n) is 5.49. The number of Topliss-reactive ketones (excluding diaryl/α,β-unsaturated/α-hetero) is 1. The number of carbonyl (C=O) groups is 2. The van der Waals surface area contributed by atoms with Crippen LogP contribution in [0.1, 0.15) is 58.2 Å². The molecule has 1 N–H and O–H groups in total. The summed E-state index contributed by atoms with van der Waals surface area (Å²) >= 11 is 8.25. The van der Waals surface area contributed by atoms with E-state index in [4.69, 9.17) is 16.3 Å². The molecule has 1 saturated carbocycles. The molecule has 8 heteroatoms. The Balaban J connectivity index is 0.00000370. The van der Waals surface area contributed by atoms with Gasteiger partial charge < -0.3 is 15.0 Å². The van der Waals surface area contributed by atoms with Crippen molar-refractivity contribution in [2.45, 2.75) is 51.2 Å². The standard InChI is InChI=1S/C32H33ClN2O3S.ClH/c1-20(36)21-8-10-22(11-9-21)23-12-17-28(38-3)24(18-23)19-35(26-15-13-25(34-2)14-16-26)32(37)31-30(33)27-6-4-5-7-29(27)39-31;/h4-12,17-18,25-26,34H,13-16,19H2,1-3H3;1H. The van der Waals surface area contributed by atoms with E-state index in [0.29, 0.717) is 28.0 Å². The minimum absolute atomic E-state index is 0. The van der Waals surface area contributed by atoms with Crippen LogP contribution in [-0.2, 0) is 6.54 Å². The molecule has 3 aromatic carbocycles. The molecule has 1 fully saturated rings. The third kappa shape index (κ3) is 6.21. The lowest BCUT2D eigenvalue weighted by molar-refractivity contribution is 0.0604. The van der Waals surface area contributed by atoms with Crippen molar-refractivity contribution < 1.29 is 14.3 Å². The van der Waals surface area contributed by atoms with Crippen molar-refractivity contribution in [3.05, 3.63) is 87.8 Å². The minimum atomic E-state index is -0.0348. The van der Waals surface area contributed by atoms with Crippen LogP contribution in [0.25, 0.3) is 21.2 Å². The van der Waals surface area contributed by atoms with Crippen molar-refractivity contribution in [1.29, 1.82) is 0 Å². The van der Waals surface area contributed by atoms with Gasteiger partial charge in [0.25, 0.3) is 5.91 Å². The summed E-state index contributed by atoms with van der Waals surface area (Å²) < 4.78 is 6.76. The second-order valence-electron chi connectivity index (χ2n) is 10.1. The van der Waals surface area contributed by atoms with Crippen molar-refractivity contribution in [3.8, 4) is 16.9 Å². The third-order valence-corrected chi connectivity index (χ3v) is 9.44. The summed E-state index contributed by atoms with van der Waals surface area (Å²) in [6, 6.07) is 22.2. The van der Waals surface area contributed by atoms with Gasteiger partial charge in [-0.3, -0.25) is 9.59 Å². The molecule has 5 rings (SSSR count). The summed E-state index contributed by atoms with van der Waals surface area (Å²) in [5.74, 6) is 0.745. The van der Waals surface area contributed by atoms with Crippen LogP contribution in [0.3, 0.4) is 0 Å². The van der Waals surface area contributed by atoms with E-state index >= 15 is 0 Å². The van der Waals surface area contributed by atoms with Crippen LogP contribution in [0, 0.1) is 0 Å². The van der Waals surface area contributed by atoms with Gasteiger partial charge >= 0.3 is 0 Å². The van der Waals surface area contributed by atoms with Gasteiger partial charge in [-0.15, -0.1) is 23.7 Å². The van der Waals surface area contributed by atoms with E-state index in [1.54, 1.807) is 14.0 Å². The molecule has 0 spiro atoms. The number of hydrogen-bond acceptors (Lipinski definition) is 5. The zero-order valence-electron chi connectivity index (χ0n) is 22.9. The van der Waals surface area contributed by atoms with Gasteiger partial charge in [-0.25, -0.2) is 0 Å². The van der Waals surface area contributed by atoms with Gasteiger partial charge in [0.05, 0.1) is 12.1 Å². The lowest BCUT2D eigenvalue weighted by Crippen LogP contribution is -2.44. The smallest absolute Gasteiger partial charge is 0.266 e. The lowest BCUT2D eigenvalue weighted by atomic mass is 9.89. The predicted molar refractivity (Wildman–Crippen MR) is 167 cm³/mol. The summed E-state index contributed by atoms with van der Waals surface area (Å²) in [4.78, 5) is 28.5. The number of ether oxygens (including phenoxy) is 1. The molecule has 40 heavy (non-hydrogen) atoms. The second-order valence-corrected chi connectivity index (χ2v) is 11.6. The maximum Gasteiger partial charge on any atom is 0.266 e. The Morgan fingerprint density at radius 1 is 1.00 bits per heavy atom. The predicted octanol–water partition coefficient (Wildman–Crippen LogP) is 8.03. The largest absolute Gasteiger partial charge is 0.496 e. The van der Waals surface area contributed by atoms with Gasteiger partial charge in [0.1, 0.15) is 10.6 Å². The monoisotopic (exact) mass is 596 g/mol. The van der Waals surface area contributed by atoms with E-state index in [2.05, 4.69) is 11.4 Å². The van der Waals surface area contributed by atoms with Crippen LogP contribution < -0.4 is 10.1 Å². The Morgan fingerprint density at radius 3 is 2.30 bits per heavy atom. The molecule has 1 heterocycles. The van der Waals surface area contributed by atoms with Gasteiger partial charge in [-0.2, -0.15) is 0 Å². The zero-order chi connectivity index (χ0) is 27.5. The van der Waals surface area contributed by atoms with Crippen LogP contribution in [0.2, 0.25) is 5.02 Å². The molecule has 1 aliphatic rings. The Labute approximate surface area is 250 Å². The van der Waals surface area contributed by atoms with Crippen LogP contribution in [0.15, 0.2) is 66.7 Å². The van der Waals surface area contributed by atoms with E-state index in [9.17, 15) is 9.59 Å². The fraction of sp³-hybridized carbons (Fsp3) is 0.312. The number of nitrogens with one attached hydrogen (secondary N) is 1. The molecule has 210 valence electrons.